The maximum absolute atomic E-state index is 13.6. The molecule has 0 aliphatic carbocycles. The minimum atomic E-state index is -0.211. The Morgan fingerprint density at radius 2 is 1.91 bits per heavy atom. The van der Waals surface area contributed by atoms with Gasteiger partial charge in [-0.05, 0) is 30.7 Å². The average molecular weight is 329 g/mol. The van der Waals surface area contributed by atoms with Gasteiger partial charge in [-0.25, -0.2) is 9.37 Å². The van der Waals surface area contributed by atoms with Gasteiger partial charge in [0, 0.05) is 5.75 Å². The van der Waals surface area contributed by atoms with E-state index in [1.807, 2.05) is 37.3 Å². The van der Waals surface area contributed by atoms with Crippen LogP contribution in [0.5, 0.6) is 5.75 Å². The van der Waals surface area contributed by atoms with Gasteiger partial charge < -0.3 is 4.74 Å². The molecule has 0 fully saturated rings. The van der Waals surface area contributed by atoms with E-state index in [0.717, 1.165) is 11.3 Å². The van der Waals surface area contributed by atoms with E-state index < -0.39 is 0 Å². The number of para-hydroxylation sites is 1. The zero-order valence-electron chi connectivity index (χ0n) is 12.6. The summed E-state index contributed by atoms with van der Waals surface area (Å²) in [6.07, 6.45) is 0. The summed E-state index contributed by atoms with van der Waals surface area (Å²) in [6, 6.07) is 14.4. The first-order valence-corrected chi connectivity index (χ1v) is 8.27. The Hall–Kier alpha value is -2.34. The summed E-state index contributed by atoms with van der Waals surface area (Å²) < 4.78 is 19.2. The first kappa shape index (κ1) is 15.6. The third-order valence-electron chi connectivity index (χ3n) is 3.22. The van der Waals surface area contributed by atoms with Crippen LogP contribution in [-0.2, 0) is 5.75 Å². The third-order valence-corrected chi connectivity index (χ3v) is 4.12. The van der Waals surface area contributed by atoms with E-state index in [1.165, 1.54) is 17.8 Å². The smallest absolute Gasteiger partial charge is 0.209 e. The van der Waals surface area contributed by atoms with Crippen LogP contribution in [0.3, 0.4) is 0 Å². The molecule has 118 valence electrons. The Morgan fingerprint density at radius 3 is 2.74 bits per heavy atom. The molecule has 0 saturated carbocycles. The molecule has 0 amide bonds. The maximum Gasteiger partial charge on any atom is 0.209 e. The highest BCUT2D eigenvalue weighted by Gasteiger charge is 2.11. The van der Waals surface area contributed by atoms with E-state index in [2.05, 4.69) is 15.2 Å². The van der Waals surface area contributed by atoms with Gasteiger partial charge in [-0.15, -0.1) is 5.10 Å². The number of benzene rings is 2. The normalized spacial score (nSPS) is 10.7. The molecule has 0 atom stereocenters. The summed E-state index contributed by atoms with van der Waals surface area (Å²) in [4.78, 5) is 4.46. The molecular weight excluding hydrogens is 313 g/mol. The Morgan fingerprint density at radius 1 is 1.13 bits per heavy atom. The molecule has 1 heterocycles. The summed E-state index contributed by atoms with van der Waals surface area (Å²) in [5, 5.41) is 7.68. The van der Waals surface area contributed by atoms with Gasteiger partial charge in [0.1, 0.15) is 11.6 Å². The van der Waals surface area contributed by atoms with Crippen molar-refractivity contribution in [3.63, 3.8) is 0 Å². The topological polar surface area (TPSA) is 50.8 Å². The first-order chi connectivity index (χ1) is 11.3. The number of aromatic amines is 1. The second kappa shape index (κ2) is 7.28. The van der Waals surface area contributed by atoms with Crippen LogP contribution in [0.15, 0.2) is 53.7 Å². The molecule has 2 aromatic carbocycles. The highest BCUT2D eigenvalue weighted by molar-refractivity contribution is 7.98. The van der Waals surface area contributed by atoms with Gasteiger partial charge >= 0.3 is 0 Å². The van der Waals surface area contributed by atoms with Crippen molar-refractivity contribution in [2.45, 2.75) is 17.8 Å². The second-order valence-electron chi connectivity index (χ2n) is 4.78. The number of thioether (sulfide) groups is 1. The number of rotatable bonds is 6. The Bertz CT molecular complexity index is 791. The molecule has 1 aromatic heterocycles. The van der Waals surface area contributed by atoms with E-state index in [1.54, 1.807) is 12.1 Å². The number of aromatic nitrogens is 3. The Kier molecular flexibility index (Phi) is 4.92. The summed E-state index contributed by atoms with van der Waals surface area (Å²) in [7, 11) is 0. The number of nitrogens with one attached hydrogen (secondary N) is 1. The van der Waals surface area contributed by atoms with E-state index in [4.69, 9.17) is 4.74 Å². The van der Waals surface area contributed by atoms with E-state index >= 15 is 0 Å². The molecule has 0 aliphatic heterocycles. The standard InChI is InChI=1S/C17H16FN3OS/c1-2-22-15-10-6-4-8-13(15)16-19-17(21-20-16)23-11-12-7-3-5-9-14(12)18/h3-10H,2,11H2,1H3,(H,19,20,21). The number of halogens is 1. The van der Waals surface area contributed by atoms with Crippen molar-refractivity contribution in [1.82, 2.24) is 15.2 Å². The summed E-state index contributed by atoms with van der Waals surface area (Å²) in [5.41, 5.74) is 1.50. The van der Waals surface area contributed by atoms with Crippen molar-refractivity contribution in [3.8, 4) is 17.1 Å². The molecule has 0 aliphatic rings. The molecule has 4 nitrogen and oxygen atoms in total. The fourth-order valence-corrected chi connectivity index (χ4v) is 2.92. The van der Waals surface area contributed by atoms with Crippen LogP contribution in [0.2, 0.25) is 0 Å². The molecule has 3 aromatic rings. The molecule has 0 radical (unpaired) electrons. The highest BCUT2D eigenvalue weighted by atomic mass is 32.2. The minimum Gasteiger partial charge on any atom is -0.493 e. The molecule has 0 spiro atoms. The van der Waals surface area contributed by atoms with Crippen LogP contribution in [0, 0.1) is 5.82 Å². The molecule has 6 heteroatoms. The zero-order chi connectivity index (χ0) is 16.1. The molecule has 23 heavy (non-hydrogen) atoms. The molecule has 0 saturated heterocycles. The van der Waals surface area contributed by atoms with Crippen molar-refractivity contribution in [3.05, 3.63) is 59.9 Å². The van der Waals surface area contributed by atoms with Crippen LogP contribution >= 0.6 is 11.8 Å². The van der Waals surface area contributed by atoms with Crippen LogP contribution in [0.1, 0.15) is 12.5 Å². The molecule has 0 unspecified atom stereocenters. The zero-order valence-corrected chi connectivity index (χ0v) is 13.4. The summed E-state index contributed by atoms with van der Waals surface area (Å²) in [5.74, 6) is 1.68. The average Bonchev–Trinajstić information content (AvgIpc) is 3.04. The lowest BCUT2D eigenvalue weighted by Gasteiger charge is -2.06. The van der Waals surface area contributed by atoms with Crippen molar-refractivity contribution in [1.29, 1.82) is 0 Å². The van der Waals surface area contributed by atoms with Gasteiger partial charge in [-0.1, -0.05) is 42.1 Å². The highest BCUT2D eigenvalue weighted by Crippen LogP contribution is 2.29. The lowest BCUT2D eigenvalue weighted by molar-refractivity contribution is 0.341. The van der Waals surface area contributed by atoms with Gasteiger partial charge in [0.2, 0.25) is 5.16 Å². The van der Waals surface area contributed by atoms with Crippen LogP contribution in [0.25, 0.3) is 11.4 Å². The van der Waals surface area contributed by atoms with Crippen LogP contribution in [0.4, 0.5) is 4.39 Å². The van der Waals surface area contributed by atoms with E-state index in [-0.39, 0.29) is 5.82 Å². The van der Waals surface area contributed by atoms with Gasteiger partial charge in [-0.2, -0.15) is 0 Å². The quantitative estimate of drug-likeness (QED) is 0.685. The van der Waals surface area contributed by atoms with Crippen LogP contribution < -0.4 is 4.74 Å². The number of hydrogen-bond donors (Lipinski definition) is 1. The number of H-pyrrole nitrogens is 1. The third kappa shape index (κ3) is 3.71. The minimum absolute atomic E-state index is 0.211. The van der Waals surface area contributed by atoms with Gasteiger partial charge in [-0.3, -0.25) is 5.10 Å². The monoisotopic (exact) mass is 329 g/mol. The molecule has 3 rings (SSSR count). The molecule has 1 N–H and O–H groups in total. The van der Waals surface area contributed by atoms with Crippen molar-refractivity contribution < 1.29 is 9.13 Å². The van der Waals surface area contributed by atoms with Gasteiger partial charge in [0.25, 0.3) is 0 Å². The SMILES string of the molecule is CCOc1ccccc1-c1nc(SCc2ccccc2F)n[nH]1. The predicted molar refractivity (Wildman–Crippen MR) is 88.9 cm³/mol. The largest absolute Gasteiger partial charge is 0.493 e. The summed E-state index contributed by atoms with van der Waals surface area (Å²) in [6.45, 7) is 2.52. The van der Waals surface area contributed by atoms with Gasteiger partial charge in [0.15, 0.2) is 5.82 Å². The number of hydrogen-bond acceptors (Lipinski definition) is 4. The fourth-order valence-electron chi connectivity index (χ4n) is 2.13. The van der Waals surface area contributed by atoms with Crippen molar-refractivity contribution in [2.75, 3.05) is 6.61 Å². The lowest BCUT2D eigenvalue weighted by atomic mass is 10.2. The van der Waals surface area contributed by atoms with E-state index in [0.29, 0.717) is 28.9 Å². The van der Waals surface area contributed by atoms with Gasteiger partial charge in [0.05, 0.1) is 12.2 Å². The first-order valence-electron chi connectivity index (χ1n) is 7.28. The molecular formula is C17H16FN3OS. The van der Waals surface area contributed by atoms with Crippen molar-refractivity contribution >= 4 is 11.8 Å². The predicted octanol–water partition coefficient (Wildman–Crippen LogP) is 4.30. The number of nitrogens with zero attached hydrogens (tertiary/aromatic N) is 2. The number of ether oxygens (including phenoxy) is 1. The maximum atomic E-state index is 13.6. The molecule has 0 bridgehead atoms. The second-order valence-corrected chi connectivity index (χ2v) is 5.72. The lowest BCUT2D eigenvalue weighted by Crippen LogP contribution is -1.94. The fraction of sp³-hybridized carbons (Fsp3) is 0.176. The summed E-state index contributed by atoms with van der Waals surface area (Å²) >= 11 is 1.39. The van der Waals surface area contributed by atoms with Crippen LogP contribution in [-0.4, -0.2) is 21.8 Å². The Labute approximate surface area is 138 Å². The van der Waals surface area contributed by atoms with E-state index in [9.17, 15) is 4.39 Å². The Balaban J connectivity index is 1.75. The van der Waals surface area contributed by atoms with Crippen molar-refractivity contribution in [2.24, 2.45) is 0 Å².